The van der Waals surface area contributed by atoms with Crippen molar-refractivity contribution in [2.45, 2.75) is 32.9 Å². The van der Waals surface area contributed by atoms with Gasteiger partial charge in [0.15, 0.2) is 0 Å². The van der Waals surface area contributed by atoms with Crippen LogP contribution in [0.3, 0.4) is 0 Å². The Hall–Kier alpha value is -2.00. The van der Waals surface area contributed by atoms with E-state index >= 15 is 0 Å². The molecule has 0 heterocycles. The molecule has 2 aromatic rings. The lowest BCUT2D eigenvalue weighted by Crippen LogP contribution is -2.38. The van der Waals surface area contributed by atoms with E-state index in [9.17, 15) is 0 Å². The molecular formula is C19H26N2O. The highest BCUT2D eigenvalue weighted by Gasteiger charge is 2.11. The molecule has 0 aliphatic heterocycles. The van der Waals surface area contributed by atoms with Crippen molar-refractivity contribution >= 4 is 5.69 Å². The average Bonchev–Trinajstić information content (AvgIpc) is 2.52. The topological polar surface area (TPSA) is 38.5 Å². The van der Waals surface area contributed by atoms with Crippen LogP contribution >= 0.6 is 0 Å². The van der Waals surface area contributed by atoms with Crippen LogP contribution in [-0.2, 0) is 6.54 Å². The quantitative estimate of drug-likeness (QED) is 0.844. The van der Waals surface area contributed by atoms with Gasteiger partial charge in [-0.15, -0.1) is 0 Å². The molecule has 2 N–H and O–H groups in total. The molecule has 118 valence electrons. The van der Waals surface area contributed by atoms with E-state index in [1.165, 1.54) is 11.3 Å². The first-order valence-corrected chi connectivity index (χ1v) is 7.78. The first-order chi connectivity index (χ1) is 10.5. The Balaban J connectivity index is 1.98. The summed E-state index contributed by atoms with van der Waals surface area (Å²) < 4.78 is 5.70. The lowest BCUT2D eigenvalue weighted by molar-refractivity contribution is 0.243. The summed E-state index contributed by atoms with van der Waals surface area (Å²) in [5, 5.41) is 0. The number of para-hydroxylation sites is 1. The third-order valence-electron chi connectivity index (χ3n) is 3.41. The summed E-state index contributed by atoms with van der Waals surface area (Å²) in [5.74, 6) is 0.866. The van der Waals surface area contributed by atoms with Crippen molar-refractivity contribution in [2.75, 3.05) is 18.1 Å². The molecule has 0 bridgehead atoms. The van der Waals surface area contributed by atoms with Gasteiger partial charge in [0, 0.05) is 24.3 Å². The van der Waals surface area contributed by atoms with Crippen LogP contribution in [-0.4, -0.2) is 18.7 Å². The second kappa shape index (κ2) is 7.32. The van der Waals surface area contributed by atoms with Crippen LogP contribution in [0, 0.1) is 0 Å². The van der Waals surface area contributed by atoms with Gasteiger partial charge in [-0.1, -0.05) is 30.3 Å². The fraction of sp³-hybridized carbons (Fsp3) is 0.368. The SMILES string of the molecule is CCN(Cc1ccc(OCC(C)(C)N)cc1)c1ccccc1. The van der Waals surface area contributed by atoms with Crippen molar-refractivity contribution < 1.29 is 4.74 Å². The molecule has 3 heteroatoms. The molecule has 0 atom stereocenters. The summed E-state index contributed by atoms with van der Waals surface area (Å²) in [4.78, 5) is 2.35. The minimum Gasteiger partial charge on any atom is -0.492 e. The van der Waals surface area contributed by atoms with Gasteiger partial charge < -0.3 is 15.4 Å². The van der Waals surface area contributed by atoms with Gasteiger partial charge in [0.2, 0.25) is 0 Å². The lowest BCUT2D eigenvalue weighted by Gasteiger charge is -2.23. The van der Waals surface area contributed by atoms with Gasteiger partial charge in [0.25, 0.3) is 0 Å². The van der Waals surface area contributed by atoms with Crippen molar-refractivity contribution in [2.24, 2.45) is 5.73 Å². The summed E-state index contributed by atoms with van der Waals surface area (Å²) in [7, 11) is 0. The first kappa shape index (κ1) is 16.4. The van der Waals surface area contributed by atoms with Crippen molar-refractivity contribution in [3.05, 3.63) is 60.2 Å². The van der Waals surface area contributed by atoms with E-state index in [-0.39, 0.29) is 5.54 Å². The zero-order valence-corrected chi connectivity index (χ0v) is 13.8. The zero-order valence-electron chi connectivity index (χ0n) is 13.8. The van der Waals surface area contributed by atoms with E-state index in [1.807, 2.05) is 32.0 Å². The Kier molecular flexibility index (Phi) is 5.45. The van der Waals surface area contributed by atoms with Gasteiger partial charge in [0.05, 0.1) is 0 Å². The second-order valence-corrected chi connectivity index (χ2v) is 6.27. The van der Waals surface area contributed by atoms with Crippen LogP contribution in [0.5, 0.6) is 5.75 Å². The second-order valence-electron chi connectivity index (χ2n) is 6.27. The average molecular weight is 298 g/mol. The predicted octanol–water partition coefficient (Wildman–Crippen LogP) is 3.83. The maximum atomic E-state index is 5.93. The summed E-state index contributed by atoms with van der Waals surface area (Å²) in [5.41, 5.74) is 8.13. The van der Waals surface area contributed by atoms with E-state index in [4.69, 9.17) is 10.5 Å². The number of anilines is 1. The summed E-state index contributed by atoms with van der Waals surface area (Å²) >= 11 is 0. The molecule has 0 fully saturated rings. The summed E-state index contributed by atoms with van der Waals surface area (Å²) in [6.07, 6.45) is 0. The Morgan fingerprint density at radius 3 is 2.18 bits per heavy atom. The van der Waals surface area contributed by atoms with E-state index in [0.717, 1.165) is 18.8 Å². The maximum Gasteiger partial charge on any atom is 0.119 e. The van der Waals surface area contributed by atoms with Gasteiger partial charge in [-0.05, 0) is 50.6 Å². The highest BCUT2D eigenvalue weighted by Crippen LogP contribution is 2.19. The molecule has 0 unspecified atom stereocenters. The number of hydrogen-bond acceptors (Lipinski definition) is 3. The van der Waals surface area contributed by atoms with Crippen molar-refractivity contribution in [1.29, 1.82) is 0 Å². The Labute approximate surface area is 133 Å². The standard InChI is InChI=1S/C19H26N2O/c1-4-21(17-8-6-5-7-9-17)14-16-10-12-18(13-11-16)22-15-19(2,3)20/h5-13H,4,14-15,20H2,1-3H3. The summed E-state index contributed by atoms with van der Waals surface area (Å²) in [6, 6.07) is 18.7. The van der Waals surface area contributed by atoms with Gasteiger partial charge >= 0.3 is 0 Å². The van der Waals surface area contributed by atoms with Crippen LogP contribution in [0.25, 0.3) is 0 Å². The molecule has 0 radical (unpaired) electrons. The van der Waals surface area contributed by atoms with Crippen LogP contribution in [0.1, 0.15) is 26.3 Å². The van der Waals surface area contributed by atoms with Crippen LogP contribution in [0.15, 0.2) is 54.6 Å². The molecule has 22 heavy (non-hydrogen) atoms. The van der Waals surface area contributed by atoms with Crippen molar-refractivity contribution in [3.8, 4) is 5.75 Å². The Morgan fingerprint density at radius 1 is 1.00 bits per heavy atom. The molecule has 0 saturated carbocycles. The smallest absolute Gasteiger partial charge is 0.119 e. The van der Waals surface area contributed by atoms with Crippen molar-refractivity contribution in [1.82, 2.24) is 0 Å². The Bertz CT molecular complexity index is 558. The molecule has 3 nitrogen and oxygen atoms in total. The molecule has 0 aliphatic carbocycles. The highest BCUT2D eigenvalue weighted by atomic mass is 16.5. The third-order valence-corrected chi connectivity index (χ3v) is 3.41. The number of benzene rings is 2. The number of ether oxygens (including phenoxy) is 1. The van der Waals surface area contributed by atoms with E-state index in [1.54, 1.807) is 0 Å². The van der Waals surface area contributed by atoms with Crippen molar-refractivity contribution in [3.63, 3.8) is 0 Å². The molecular weight excluding hydrogens is 272 g/mol. The van der Waals surface area contributed by atoms with E-state index < -0.39 is 0 Å². The largest absolute Gasteiger partial charge is 0.492 e. The maximum absolute atomic E-state index is 5.93. The molecule has 0 saturated heterocycles. The summed E-state index contributed by atoms with van der Waals surface area (Å²) in [6.45, 7) is 8.47. The molecule has 0 amide bonds. The molecule has 2 rings (SSSR count). The zero-order chi connectivity index (χ0) is 16.0. The molecule has 2 aromatic carbocycles. The van der Waals surface area contributed by atoms with Gasteiger partial charge in [-0.3, -0.25) is 0 Å². The van der Waals surface area contributed by atoms with E-state index in [0.29, 0.717) is 6.61 Å². The number of hydrogen-bond donors (Lipinski definition) is 1. The van der Waals surface area contributed by atoms with Gasteiger partial charge in [0.1, 0.15) is 12.4 Å². The molecule has 0 aliphatic rings. The third kappa shape index (κ3) is 5.08. The van der Waals surface area contributed by atoms with Crippen LogP contribution in [0.4, 0.5) is 5.69 Å². The predicted molar refractivity (Wildman–Crippen MR) is 93.4 cm³/mol. The lowest BCUT2D eigenvalue weighted by atomic mass is 10.1. The minimum absolute atomic E-state index is 0.314. The monoisotopic (exact) mass is 298 g/mol. The van der Waals surface area contributed by atoms with Crippen LogP contribution < -0.4 is 15.4 Å². The highest BCUT2D eigenvalue weighted by molar-refractivity contribution is 5.46. The first-order valence-electron chi connectivity index (χ1n) is 7.78. The van der Waals surface area contributed by atoms with Gasteiger partial charge in [-0.25, -0.2) is 0 Å². The van der Waals surface area contributed by atoms with Gasteiger partial charge in [-0.2, -0.15) is 0 Å². The van der Waals surface area contributed by atoms with E-state index in [2.05, 4.69) is 48.2 Å². The molecule has 0 spiro atoms. The van der Waals surface area contributed by atoms with Crippen LogP contribution in [0.2, 0.25) is 0 Å². The fourth-order valence-electron chi connectivity index (χ4n) is 2.21. The number of rotatable bonds is 7. The molecule has 0 aromatic heterocycles. The number of nitrogens with two attached hydrogens (primary N) is 1. The fourth-order valence-corrected chi connectivity index (χ4v) is 2.21. The Morgan fingerprint density at radius 2 is 1.64 bits per heavy atom. The normalized spacial score (nSPS) is 11.3. The minimum atomic E-state index is -0.314. The number of nitrogens with zero attached hydrogens (tertiary/aromatic N) is 1.